The molecule has 0 spiro atoms. The summed E-state index contributed by atoms with van der Waals surface area (Å²) in [4.78, 5) is 14.7. The molecule has 0 bridgehead atoms. The molecule has 1 amide bonds. The number of carbonyl (C=O) groups is 1. The first kappa shape index (κ1) is 21.7. The maximum atomic E-state index is 14.0. The number of ether oxygens (including phenoxy) is 2. The molecule has 3 aromatic rings. The second kappa shape index (κ2) is 8.35. The Morgan fingerprint density at radius 2 is 1.73 bits per heavy atom. The van der Waals surface area contributed by atoms with Crippen molar-refractivity contribution < 1.29 is 31.5 Å². The fraction of sp³-hybridized carbons (Fsp3) is 0.348. The Bertz CT molecular complexity index is 1330. The lowest BCUT2D eigenvalue weighted by molar-refractivity contribution is 0.0667. The number of hydrogen-bond donors (Lipinski definition) is 0. The van der Waals surface area contributed by atoms with Crippen LogP contribution in [0.3, 0.4) is 0 Å². The van der Waals surface area contributed by atoms with Crippen LogP contribution in [-0.4, -0.2) is 62.9 Å². The number of sulfonamides is 1. The maximum absolute atomic E-state index is 14.0. The minimum Gasteiger partial charge on any atom is -0.490 e. The van der Waals surface area contributed by atoms with E-state index in [-0.39, 0.29) is 48.3 Å². The summed E-state index contributed by atoms with van der Waals surface area (Å²) in [6, 6.07) is 9.15. The predicted octanol–water partition coefficient (Wildman–Crippen LogP) is 3.19. The number of benzene rings is 2. The standard InChI is InChI=1S/C23H23FN2O6S/c1-15-17-4-2-5-18(24)22(17)32-21(15)23(27)25-8-10-26(11-9-25)33(28,29)16-6-7-19-20(14-16)31-13-3-12-30-19/h2,4-7,14H,3,8-13H2,1H3. The van der Waals surface area contributed by atoms with Gasteiger partial charge in [-0.15, -0.1) is 0 Å². The van der Waals surface area contributed by atoms with Crippen molar-refractivity contribution in [3.05, 3.63) is 53.5 Å². The molecule has 5 rings (SSSR count). The third-order valence-electron chi connectivity index (χ3n) is 5.99. The van der Waals surface area contributed by atoms with E-state index in [1.807, 2.05) is 0 Å². The minimum atomic E-state index is -3.77. The fourth-order valence-electron chi connectivity index (χ4n) is 4.14. The largest absolute Gasteiger partial charge is 0.490 e. The Morgan fingerprint density at radius 1 is 1.00 bits per heavy atom. The van der Waals surface area contributed by atoms with Gasteiger partial charge in [0.05, 0.1) is 18.1 Å². The van der Waals surface area contributed by atoms with Gasteiger partial charge in [0, 0.05) is 49.6 Å². The molecule has 2 aromatic carbocycles. The molecule has 174 valence electrons. The molecule has 33 heavy (non-hydrogen) atoms. The highest BCUT2D eigenvalue weighted by molar-refractivity contribution is 7.89. The predicted molar refractivity (Wildman–Crippen MR) is 118 cm³/mol. The van der Waals surface area contributed by atoms with E-state index in [0.29, 0.717) is 35.7 Å². The number of furan rings is 1. The van der Waals surface area contributed by atoms with Gasteiger partial charge in [-0.1, -0.05) is 12.1 Å². The molecule has 8 nitrogen and oxygen atoms in total. The number of halogens is 1. The summed E-state index contributed by atoms with van der Waals surface area (Å²) in [5, 5.41) is 0.550. The number of carbonyl (C=O) groups excluding carboxylic acids is 1. The number of piperazine rings is 1. The molecule has 3 heterocycles. The maximum Gasteiger partial charge on any atom is 0.289 e. The quantitative estimate of drug-likeness (QED) is 0.579. The van der Waals surface area contributed by atoms with E-state index in [0.717, 1.165) is 6.42 Å². The molecule has 0 atom stereocenters. The van der Waals surface area contributed by atoms with Crippen LogP contribution in [0.5, 0.6) is 11.5 Å². The van der Waals surface area contributed by atoms with Crippen LogP contribution in [0, 0.1) is 12.7 Å². The van der Waals surface area contributed by atoms with Crippen molar-refractivity contribution in [2.75, 3.05) is 39.4 Å². The van der Waals surface area contributed by atoms with Gasteiger partial charge in [0.1, 0.15) is 0 Å². The summed E-state index contributed by atoms with van der Waals surface area (Å²) < 4.78 is 58.5. The number of aryl methyl sites for hydroxylation is 1. The summed E-state index contributed by atoms with van der Waals surface area (Å²) in [5.74, 6) is 0.111. The van der Waals surface area contributed by atoms with E-state index in [4.69, 9.17) is 13.9 Å². The first-order valence-corrected chi connectivity index (χ1v) is 12.2. The van der Waals surface area contributed by atoms with Crippen molar-refractivity contribution in [3.8, 4) is 11.5 Å². The van der Waals surface area contributed by atoms with E-state index < -0.39 is 15.8 Å². The van der Waals surface area contributed by atoms with Crippen LogP contribution in [0.4, 0.5) is 4.39 Å². The zero-order chi connectivity index (χ0) is 23.2. The summed E-state index contributed by atoms with van der Waals surface area (Å²) >= 11 is 0. The molecule has 0 radical (unpaired) electrons. The summed E-state index contributed by atoms with van der Waals surface area (Å²) in [6.45, 7) is 3.35. The van der Waals surface area contributed by atoms with Gasteiger partial charge in [-0.2, -0.15) is 4.31 Å². The monoisotopic (exact) mass is 474 g/mol. The Hall–Kier alpha value is -3.11. The van der Waals surface area contributed by atoms with E-state index in [2.05, 4.69) is 0 Å². The van der Waals surface area contributed by atoms with Crippen LogP contribution in [0.1, 0.15) is 22.5 Å². The van der Waals surface area contributed by atoms with Gasteiger partial charge in [0.2, 0.25) is 10.0 Å². The number of hydrogen-bond acceptors (Lipinski definition) is 6. The molecule has 10 heteroatoms. The van der Waals surface area contributed by atoms with Crippen molar-refractivity contribution in [1.82, 2.24) is 9.21 Å². The summed E-state index contributed by atoms with van der Waals surface area (Å²) in [7, 11) is -3.77. The van der Waals surface area contributed by atoms with Crippen LogP contribution >= 0.6 is 0 Å². The zero-order valence-corrected chi connectivity index (χ0v) is 18.9. The third kappa shape index (κ3) is 3.83. The van der Waals surface area contributed by atoms with Gasteiger partial charge >= 0.3 is 0 Å². The zero-order valence-electron chi connectivity index (χ0n) is 18.0. The van der Waals surface area contributed by atoms with Crippen LogP contribution in [0.25, 0.3) is 11.0 Å². The fourth-order valence-corrected chi connectivity index (χ4v) is 5.58. The van der Waals surface area contributed by atoms with E-state index in [1.165, 1.54) is 27.4 Å². The molecular formula is C23H23FN2O6S. The van der Waals surface area contributed by atoms with Crippen molar-refractivity contribution >= 4 is 26.9 Å². The smallest absolute Gasteiger partial charge is 0.289 e. The average molecular weight is 475 g/mol. The van der Waals surface area contributed by atoms with Crippen LogP contribution in [-0.2, 0) is 10.0 Å². The van der Waals surface area contributed by atoms with Gasteiger partial charge in [0.25, 0.3) is 5.91 Å². The minimum absolute atomic E-state index is 0.0500. The highest BCUT2D eigenvalue weighted by Gasteiger charge is 2.33. The van der Waals surface area contributed by atoms with Gasteiger partial charge in [-0.3, -0.25) is 4.79 Å². The van der Waals surface area contributed by atoms with Crippen LogP contribution < -0.4 is 9.47 Å². The first-order valence-electron chi connectivity index (χ1n) is 10.7. The number of rotatable bonds is 3. The topological polar surface area (TPSA) is 89.3 Å². The molecule has 2 aliphatic rings. The highest BCUT2D eigenvalue weighted by Crippen LogP contribution is 2.33. The first-order chi connectivity index (χ1) is 15.9. The Kier molecular flexibility index (Phi) is 5.49. The van der Waals surface area contributed by atoms with Gasteiger partial charge < -0.3 is 18.8 Å². The van der Waals surface area contributed by atoms with Gasteiger partial charge in [-0.25, -0.2) is 12.8 Å². The lowest BCUT2D eigenvalue weighted by Gasteiger charge is -2.33. The molecule has 1 saturated heterocycles. The number of nitrogens with zero attached hydrogens (tertiary/aromatic N) is 2. The molecule has 0 unspecified atom stereocenters. The molecule has 0 saturated carbocycles. The lowest BCUT2D eigenvalue weighted by atomic mass is 10.1. The normalized spacial score (nSPS) is 17.2. The van der Waals surface area contributed by atoms with Crippen molar-refractivity contribution in [2.45, 2.75) is 18.2 Å². The van der Waals surface area contributed by atoms with Gasteiger partial charge in [-0.05, 0) is 25.1 Å². The Labute approximate surface area is 190 Å². The van der Waals surface area contributed by atoms with Crippen molar-refractivity contribution in [1.29, 1.82) is 0 Å². The highest BCUT2D eigenvalue weighted by atomic mass is 32.2. The number of fused-ring (bicyclic) bond motifs is 2. The number of amides is 1. The molecule has 0 aliphatic carbocycles. The lowest BCUT2D eigenvalue weighted by Crippen LogP contribution is -2.50. The van der Waals surface area contributed by atoms with Gasteiger partial charge in [0.15, 0.2) is 28.7 Å². The van der Waals surface area contributed by atoms with Crippen LogP contribution in [0.2, 0.25) is 0 Å². The SMILES string of the molecule is Cc1c(C(=O)N2CCN(S(=O)(=O)c3ccc4c(c3)OCCCO4)CC2)oc2c(F)cccc12. The molecule has 1 aromatic heterocycles. The van der Waals surface area contributed by atoms with E-state index in [9.17, 15) is 17.6 Å². The van der Waals surface area contributed by atoms with E-state index in [1.54, 1.807) is 25.1 Å². The van der Waals surface area contributed by atoms with Crippen molar-refractivity contribution in [3.63, 3.8) is 0 Å². The second-order valence-corrected chi connectivity index (χ2v) is 9.97. The average Bonchev–Trinajstić information content (AvgIpc) is 3.00. The second-order valence-electron chi connectivity index (χ2n) is 8.03. The molecule has 1 fully saturated rings. The molecule has 0 N–H and O–H groups in total. The summed E-state index contributed by atoms with van der Waals surface area (Å²) in [5.41, 5.74) is 0.616. The van der Waals surface area contributed by atoms with Crippen molar-refractivity contribution in [2.24, 2.45) is 0 Å². The van der Waals surface area contributed by atoms with E-state index >= 15 is 0 Å². The molecular weight excluding hydrogens is 451 g/mol. The molecule has 2 aliphatic heterocycles. The Morgan fingerprint density at radius 3 is 2.45 bits per heavy atom. The third-order valence-corrected chi connectivity index (χ3v) is 7.89. The Balaban J connectivity index is 1.32. The number of para-hydroxylation sites is 1. The van der Waals surface area contributed by atoms with Crippen LogP contribution in [0.15, 0.2) is 45.7 Å². The summed E-state index contributed by atoms with van der Waals surface area (Å²) in [6.07, 6.45) is 0.726.